The van der Waals surface area contributed by atoms with Gasteiger partial charge in [-0.15, -0.1) is 11.3 Å². The Bertz CT molecular complexity index is 1060. The molecular weight excluding hydrogens is 417 g/mol. The van der Waals surface area contributed by atoms with Gasteiger partial charge in [-0.25, -0.2) is 14.4 Å². The minimum absolute atomic E-state index is 0.178. The number of amides is 1. The predicted octanol–water partition coefficient (Wildman–Crippen LogP) is 2.48. The number of rotatable bonds is 4. The maximum atomic E-state index is 13.4. The highest BCUT2D eigenvalue weighted by atomic mass is 32.1. The molecule has 3 aromatic rings. The van der Waals surface area contributed by atoms with Gasteiger partial charge in [0.2, 0.25) is 5.91 Å². The van der Waals surface area contributed by atoms with Crippen LogP contribution in [-0.4, -0.2) is 84.7 Å². The van der Waals surface area contributed by atoms with E-state index in [4.69, 9.17) is 4.74 Å². The van der Waals surface area contributed by atoms with Gasteiger partial charge in [-0.3, -0.25) is 9.69 Å². The third-order valence-electron chi connectivity index (χ3n) is 5.90. The highest BCUT2D eigenvalue weighted by Crippen LogP contribution is 2.38. The van der Waals surface area contributed by atoms with Crippen LogP contribution in [0.2, 0.25) is 0 Å². The van der Waals surface area contributed by atoms with E-state index in [2.05, 4.69) is 25.1 Å². The van der Waals surface area contributed by atoms with Gasteiger partial charge in [0, 0.05) is 50.2 Å². The van der Waals surface area contributed by atoms with Crippen molar-refractivity contribution in [3.8, 4) is 11.1 Å². The number of thiophene rings is 1. The van der Waals surface area contributed by atoms with Crippen LogP contribution in [0.15, 0.2) is 36.0 Å². The van der Waals surface area contributed by atoms with E-state index in [1.165, 1.54) is 12.1 Å². The molecule has 0 radical (unpaired) electrons. The number of anilines is 1. The summed E-state index contributed by atoms with van der Waals surface area (Å²) in [4.78, 5) is 28.9. The Morgan fingerprint density at radius 2 is 1.77 bits per heavy atom. The predicted molar refractivity (Wildman–Crippen MR) is 119 cm³/mol. The zero-order valence-electron chi connectivity index (χ0n) is 17.2. The molecule has 2 aromatic heterocycles. The first kappa shape index (κ1) is 20.3. The molecule has 0 saturated carbocycles. The molecule has 0 unspecified atom stereocenters. The van der Waals surface area contributed by atoms with Crippen LogP contribution in [0.1, 0.15) is 0 Å². The molecule has 0 atom stereocenters. The lowest BCUT2D eigenvalue weighted by molar-refractivity contribution is -0.136. The van der Waals surface area contributed by atoms with Crippen molar-refractivity contribution in [2.24, 2.45) is 0 Å². The molecule has 1 amide bonds. The van der Waals surface area contributed by atoms with E-state index < -0.39 is 0 Å². The van der Waals surface area contributed by atoms with Crippen LogP contribution < -0.4 is 4.90 Å². The van der Waals surface area contributed by atoms with E-state index in [9.17, 15) is 9.18 Å². The molecule has 162 valence electrons. The molecule has 9 heteroatoms. The molecule has 0 spiro atoms. The molecule has 5 rings (SSSR count). The summed E-state index contributed by atoms with van der Waals surface area (Å²) in [5, 5.41) is 3.07. The van der Waals surface area contributed by atoms with Crippen molar-refractivity contribution in [3.05, 3.63) is 41.8 Å². The van der Waals surface area contributed by atoms with Crippen molar-refractivity contribution in [2.75, 3.05) is 63.9 Å². The van der Waals surface area contributed by atoms with Gasteiger partial charge in [0.15, 0.2) is 0 Å². The van der Waals surface area contributed by atoms with Gasteiger partial charge in [-0.1, -0.05) is 12.1 Å². The summed E-state index contributed by atoms with van der Waals surface area (Å²) in [6, 6.07) is 6.55. The SMILES string of the molecule is O=C(CN1CCN(c2ncnc3scc(-c4ccc(F)cc4)c23)CC1)N1CCOCC1. The average Bonchev–Trinajstić information content (AvgIpc) is 3.25. The number of fused-ring (bicyclic) bond motifs is 1. The zero-order chi connectivity index (χ0) is 21.2. The van der Waals surface area contributed by atoms with Crippen molar-refractivity contribution >= 4 is 33.3 Å². The number of benzene rings is 1. The number of carbonyl (C=O) groups excluding carboxylic acids is 1. The molecule has 0 bridgehead atoms. The van der Waals surface area contributed by atoms with Gasteiger partial charge in [0.1, 0.15) is 22.8 Å². The molecule has 2 aliphatic heterocycles. The third-order valence-corrected chi connectivity index (χ3v) is 6.79. The Hall–Kier alpha value is -2.62. The maximum Gasteiger partial charge on any atom is 0.236 e. The highest BCUT2D eigenvalue weighted by molar-refractivity contribution is 7.17. The first-order chi connectivity index (χ1) is 15.2. The van der Waals surface area contributed by atoms with Gasteiger partial charge in [-0.05, 0) is 17.7 Å². The Morgan fingerprint density at radius 3 is 2.52 bits per heavy atom. The Kier molecular flexibility index (Phi) is 5.80. The van der Waals surface area contributed by atoms with Gasteiger partial charge < -0.3 is 14.5 Å². The Balaban J connectivity index is 1.31. The molecule has 7 nitrogen and oxygen atoms in total. The number of carbonyl (C=O) groups is 1. The van der Waals surface area contributed by atoms with Crippen LogP contribution in [0.5, 0.6) is 0 Å². The summed E-state index contributed by atoms with van der Waals surface area (Å²) < 4.78 is 18.7. The molecule has 1 aromatic carbocycles. The van der Waals surface area contributed by atoms with Crippen LogP contribution in [0.25, 0.3) is 21.3 Å². The number of nitrogens with zero attached hydrogens (tertiary/aromatic N) is 5. The largest absolute Gasteiger partial charge is 0.378 e. The molecular formula is C22H24FN5O2S. The summed E-state index contributed by atoms with van der Waals surface area (Å²) in [6.45, 7) is 6.26. The number of hydrogen-bond acceptors (Lipinski definition) is 7. The number of morpholine rings is 1. The molecule has 0 N–H and O–H groups in total. The van der Waals surface area contributed by atoms with Crippen molar-refractivity contribution in [2.45, 2.75) is 0 Å². The van der Waals surface area contributed by atoms with Gasteiger partial charge in [0.05, 0.1) is 25.1 Å². The van der Waals surface area contributed by atoms with E-state index in [1.807, 2.05) is 4.90 Å². The average molecular weight is 442 g/mol. The Labute approximate surface area is 184 Å². The molecule has 2 saturated heterocycles. The lowest BCUT2D eigenvalue weighted by Gasteiger charge is -2.36. The molecule has 4 heterocycles. The standard InChI is InChI=1S/C22H24FN5O2S/c23-17-3-1-16(2-4-17)18-14-31-22-20(18)21(24-15-25-22)28-7-5-26(6-8-28)13-19(29)27-9-11-30-12-10-27/h1-4,14-15H,5-13H2. The van der Waals surface area contributed by atoms with Gasteiger partial charge in [-0.2, -0.15) is 0 Å². The van der Waals surface area contributed by atoms with E-state index in [0.29, 0.717) is 32.8 Å². The monoisotopic (exact) mass is 441 g/mol. The summed E-state index contributed by atoms with van der Waals surface area (Å²) in [5.74, 6) is 0.838. The van der Waals surface area contributed by atoms with Crippen LogP contribution in [-0.2, 0) is 9.53 Å². The van der Waals surface area contributed by atoms with Crippen LogP contribution in [0.4, 0.5) is 10.2 Å². The second kappa shape index (κ2) is 8.86. The minimum Gasteiger partial charge on any atom is -0.378 e. The quantitative estimate of drug-likeness (QED) is 0.620. The van der Waals surface area contributed by atoms with Gasteiger partial charge in [0.25, 0.3) is 0 Å². The molecule has 2 fully saturated rings. The van der Waals surface area contributed by atoms with Gasteiger partial charge >= 0.3 is 0 Å². The number of hydrogen-bond donors (Lipinski definition) is 0. The molecule has 31 heavy (non-hydrogen) atoms. The fourth-order valence-electron chi connectivity index (χ4n) is 4.16. The summed E-state index contributed by atoms with van der Waals surface area (Å²) in [5.41, 5.74) is 1.99. The molecule has 2 aliphatic rings. The normalized spacial score (nSPS) is 18.0. The second-order valence-corrected chi connectivity index (χ2v) is 8.65. The van der Waals surface area contributed by atoms with Crippen molar-refractivity contribution < 1.29 is 13.9 Å². The first-order valence-corrected chi connectivity index (χ1v) is 11.4. The minimum atomic E-state index is -0.248. The summed E-state index contributed by atoms with van der Waals surface area (Å²) in [6.07, 6.45) is 1.61. The Morgan fingerprint density at radius 1 is 1.03 bits per heavy atom. The topological polar surface area (TPSA) is 61.8 Å². The fourth-order valence-corrected chi connectivity index (χ4v) is 5.07. The highest BCUT2D eigenvalue weighted by Gasteiger charge is 2.25. The number of aromatic nitrogens is 2. The lowest BCUT2D eigenvalue weighted by Crippen LogP contribution is -2.51. The van der Waals surface area contributed by atoms with E-state index in [0.717, 1.165) is 53.3 Å². The first-order valence-electron chi connectivity index (χ1n) is 10.5. The van der Waals surface area contributed by atoms with E-state index in [1.54, 1.807) is 29.8 Å². The summed E-state index contributed by atoms with van der Waals surface area (Å²) >= 11 is 1.57. The van der Waals surface area contributed by atoms with E-state index in [-0.39, 0.29) is 11.7 Å². The smallest absolute Gasteiger partial charge is 0.236 e. The third kappa shape index (κ3) is 4.26. The van der Waals surface area contributed by atoms with Crippen molar-refractivity contribution in [1.29, 1.82) is 0 Å². The number of piperazine rings is 1. The number of halogens is 1. The van der Waals surface area contributed by atoms with Crippen molar-refractivity contribution in [3.63, 3.8) is 0 Å². The van der Waals surface area contributed by atoms with Crippen LogP contribution in [0, 0.1) is 5.82 Å². The lowest BCUT2D eigenvalue weighted by atomic mass is 10.1. The molecule has 0 aliphatic carbocycles. The van der Waals surface area contributed by atoms with Crippen LogP contribution in [0.3, 0.4) is 0 Å². The zero-order valence-corrected chi connectivity index (χ0v) is 18.0. The second-order valence-electron chi connectivity index (χ2n) is 7.79. The summed E-state index contributed by atoms with van der Waals surface area (Å²) in [7, 11) is 0. The van der Waals surface area contributed by atoms with Crippen molar-refractivity contribution in [1.82, 2.24) is 19.8 Å². The maximum absolute atomic E-state index is 13.4. The van der Waals surface area contributed by atoms with E-state index >= 15 is 0 Å². The van der Waals surface area contributed by atoms with Crippen LogP contribution >= 0.6 is 11.3 Å². The number of ether oxygens (including phenoxy) is 1. The fraction of sp³-hybridized carbons (Fsp3) is 0.409.